The molecule has 4 heterocycles. The van der Waals surface area contributed by atoms with Gasteiger partial charge < -0.3 is 25.4 Å². The Balaban J connectivity index is 1.24. The highest BCUT2D eigenvalue weighted by Crippen LogP contribution is 2.35. The number of benzene rings is 2. The Kier molecular flexibility index (Phi) is 7.17. The van der Waals surface area contributed by atoms with Gasteiger partial charge in [0.2, 0.25) is 5.91 Å². The largest absolute Gasteiger partial charge is 0.465 e. The van der Waals surface area contributed by atoms with Crippen molar-refractivity contribution in [2.75, 3.05) is 25.4 Å². The maximum atomic E-state index is 13.5. The zero-order valence-corrected chi connectivity index (χ0v) is 22.9. The van der Waals surface area contributed by atoms with Crippen LogP contribution in [-0.2, 0) is 4.79 Å². The smallest absolute Gasteiger partial charge is 0.407 e. The number of hydrogen-bond donors (Lipinski definition) is 2. The minimum Gasteiger partial charge on any atom is -0.465 e. The van der Waals surface area contributed by atoms with Crippen LogP contribution in [0.25, 0.3) is 22.3 Å². The van der Waals surface area contributed by atoms with Crippen LogP contribution in [0.5, 0.6) is 11.5 Å². The predicted octanol–water partition coefficient (Wildman–Crippen LogP) is 4.81. The lowest BCUT2D eigenvalue weighted by Crippen LogP contribution is -2.50. The molecular formula is C30H33N7O4. The Morgan fingerprint density at radius 1 is 1.00 bits per heavy atom. The maximum absolute atomic E-state index is 13.5. The first-order valence-electron chi connectivity index (χ1n) is 14.0. The van der Waals surface area contributed by atoms with E-state index in [-0.39, 0.29) is 23.9 Å². The molecule has 11 nitrogen and oxygen atoms in total. The fraction of sp³-hybridized carbons (Fsp3) is 0.367. The fourth-order valence-corrected chi connectivity index (χ4v) is 6.05. The summed E-state index contributed by atoms with van der Waals surface area (Å²) in [5.41, 5.74) is 8.53. The van der Waals surface area contributed by atoms with Gasteiger partial charge in [0.1, 0.15) is 29.3 Å². The van der Waals surface area contributed by atoms with Crippen molar-refractivity contribution in [3.8, 4) is 22.8 Å². The van der Waals surface area contributed by atoms with Gasteiger partial charge in [-0.05, 0) is 69.0 Å². The molecule has 0 aliphatic carbocycles. The number of aromatic nitrogens is 4. The second-order valence-corrected chi connectivity index (χ2v) is 10.8. The summed E-state index contributed by atoms with van der Waals surface area (Å²) < 4.78 is 7.84. The zero-order chi connectivity index (χ0) is 28.5. The van der Waals surface area contributed by atoms with Crippen LogP contribution in [0, 0.1) is 5.92 Å². The minimum atomic E-state index is -0.928. The monoisotopic (exact) mass is 555 g/mol. The average Bonchev–Trinajstić information content (AvgIpc) is 3.38. The molecule has 6 rings (SSSR count). The van der Waals surface area contributed by atoms with Gasteiger partial charge in [-0.2, -0.15) is 5.10 Å². The van der Waals surface area contributed by atoms with E-state index in [0.29, 0.717) is 60.8 Å². The van der Waals surface area contributed by atoms with Crippen LogP contribution in [0.2, 0.25) is 0 Å². The third-order valence-corrected chi connectivity index (χ3v) is 8.15. The molecule has 2 aliphatic heterocycles. The number of likely N-dealkylation sites (tertiary alicyclic amines) is 2. The molecule has 0 saturated carbocycles. The number of carbonyl (C=O) groups is 2. The van der Waals surface area contributed by atoms with Crippen LogP contribution >= 0.6 is 0 Å². The van der Waals surface area contributed by atoms with E-state index in [0.717, 1.165) is 24.2 Å². The number of amides is 2. The molecule has 3 atom stereocenters. The van der Waals surface area contributed by atoms with Crippen LogP contribution in [0.1, 0.15) is 38.6 Å². The number of nitrogen functional groups attached to an aromatic ring is 1. The molecule has 0 radical (unpaired) electrons. The highest BCUT2D eigenvalue weighted by Gasteiger charge is 2.36. The number of carboxylic acid groups (broad SMARTS) is 1. The molecule has 2 amide bonds. The summed E-state index contributed by atoms with van der Waals surface area (Å²) in [5.74, 6) is 1.72. The molecule has 3 N–H and O–H groups in total. The molecule has 2 aromatic heterocycles. The number of para-hydroxylation sites is 1. The van der Waals surface area contributed by atoms with E-state index in [9.17, 15) is 14.7 Å². The maximum Gasteiger partial charge on any atom is 0.407 e. The fourth-order valence-electron chi connectivity index (χ4n) is 6.05. The van der Waals surface area contributed by atoms with Crippen molar-refractivity contribution in [1.82, 2.24) is 29.5 Å². The number of ether oxygens (including phenoxy) is 1. The standard InChI is InChI=1S/C30H33N7O4/c1-19-16-21(13-15-36(19)30(39)40)29(38)35-14-5-6-22(17-35)37-28-25(27(31)32-18-33-28)26(34-37)20-9-11-24(12-10-20)41-23-7-3-2-4-8-23/h2-4,7-12,18-19,21-22H,5-6,13-17H2,1H3,(H,39,40)(H2,31,32,33). The topological polar surface area (TPSA) is 140 Å². The van der Waals surface area contributed by atoms with Gasteiger partial charge in [0.15, 0.2) is 5.65 Å². The first kappa shape index (κ1) is 26.5. The van der Waals surface area contributed by atoms with Crippen molar-refractivity contribution in [3.05, 3.63) is 60.9 Å². The summed E-state index contributed by atoms with van der Waals surface area (Å²) in [5, 5.41) is 15.1. The first-order valence-corrected chi connectivity index (χ1v) is 14.0. The van der Waals surface area contributed by atoms with E-state index < -0.39 is 6.09 Å². The van der Waals surface area contributed by atoms with Gasteiger partial charge in [-0.15, -0.1) is 0 Å². The van der Waals surface area contributed by atoms with Gasteiger partial charge in [0.25, 0.3) is 0 Å². The van der Waals surface area contributed by atoms with E-state index >= 15 is 0 Å². The minimum absolute atomic E-state index is 0.0736. The Morgan fingerprint density at radius 3 is 2.49 bits per heavy atom. The normalized spacial score (nSPS) is 21.1. The summed E-state index contributed by atoms with van der Waals surface area (Å²) in [6.45, 7) is 3.43. The average molecular weight is 556 g/mol. The van der Waals surface area contributed by atoms with Crippen molar-refractivity contribution >= 4 is 28.9 Å². The van der Waals surface area contributed by atoms with Crippen molar-refractivity contribution in [2.45, 2.75) is 44.7 Å². The third-order valence-electron chi connectivity index (χ3n) is 8.15. The molecule has 2 aromatic carbocycles. The number of nitrogens with zero attached hydrogens (tertiary/aromatic N) is 6. The lowest BCUT2D eigenvalue weighted by molar-refractivity contribution is -0.139. The van der Waals surface area contributed by atoms with E-state index in [4.69, 9.17) is 15.6 Å². The number of nitrogens with two attached hydrogens (primary N) is 1. The molecule has 41 heavy (non-hydrogen) atoms. The zero-order valence-electron chi connectivity index (χ0n) is 22.9. The lowest BCUT2D eigenvalue weighted by atomic mass is 9.90. The highest BCUT2D eigenvalue weighted by atomic mass is 16.5. The highest BCUT2D eigenvalue weighted by molar-refractivity contribution is 5.98. The van der Waals surface area contributed by atoms with Crippen LogP contribution in [0.4, 0.5) is 10.6 Å². The van der Waals surface area contributed by atoms with Gasteiger partial charge in [-0.1, -0.05) is 18.2 Å². The van der Waals surface area contributed by atoms with Crippen molar-refractivity contribution in [1.29, 1.82) is 0 Å². The molecule has 0 spiro atoms. The van der Waals surface area contributed by atoms with Crippen LogP contribution < -0.4 is 10.5 Å². The van der Waals surface area contributed by atoms with Gasteiger partial charge in [-0.25, -0.2) is 19.4 Å². The van der Waals surface area contributed by atoms with E-state index in [1.165, 1.54) is 11.2 Å². The van der Waals surface area contributed by atoms with Gasteiger partial charge in [0.05, 0.1) is 11.4 Å². The van der Waals surface area contributed by atoms with Crippen LogP contribution in [0.15, 0.2) is 60.9 Å². The summed E-state index contributed by atoms with van der Waals surface area (Å²) in [6, 6.07) is 17.0. The van der Waals surface area contributed by atoms with Gasteiger partial charge in [-0.3, -0.25) is 4.79 Å². The summed E-state index contributed by atoms with van der Waals surface area (Å²) in [4.78, 5) is 37.1. The van der Waals surface area contributed by atoms with Crippen LogP contribution in [-0.4, -0.2) is 72.3 Å². The third kappa shape index (κ3) is 5.27. The molecular weight excluding hydrogens is 522 g/mol. The number of rotatable bonds is 5. The lowest BCUT2D eigenvalue weighted by Gasteiger charge is -2.39. The molecule has 4 aromatic rings. The van der Waals surface area contributed by atoms with E-state index in [2.05, 4.69) is 9.97 Å². The Morgan fingerprint density at radius 2 is 1.76 bits per heavy atom. The number of hydrogen-bond acceptors (Lipinski definition) is 7. The number of carbonyl (C=O) groups excluding carboxylic acids is 1. The molecule has 11 heteroatoms. The molecule has 3 unspecified atom stereocenters. The van der Waals surface area contributed by atoms with E-state index in [1.54, 1.807) is 0 Å². The second-order valence-electron chi connectivity index (χ2n) is 10.8. The molecule has 2 fully saturated rings. The molecule has 212 valence electrons. The van der Waals surface area contributed by atoms with E-state index in [1.807, 2.05) is 71.1 Å². The summed E-state index contributed by atoms with van der Waals surface area (Å²) in [6.07, 6.45) is 3.28. The van der Waals surface area contributed by atoms with Gasteiger partial charge in [0, 0.05) is 37.2 Å². The van der Waals surface area contributed by atoms with Crippen molar-refractivity contribution < 1.29 is 19.4 Å². The van der Waals surface area contributed by atoms with Crippen molar-refractivity contribution in [2.24, 2.45) is 5.92 Å². The molecule has 2 aliphatic rings. The Hall–Kier alpha value is -4.67. The van der Waals surface area contributed by atoms with Gasteiger partial charge >= 0.3 is 6.09 Å². The Labute approximate surface area is 237 Å². The van der Waals surface area contributed by atoms with Crippen LogP contribution in [0.3, 0.4) is 0 Å². The summed E-state index contributed by atoms with van der Waals surface area (Å²) in [7, 11) is 0. The molecule has 2 saturated heterocycles. The SMILES string of the molecule is CC1CC(C(=O)N2CCCC(n3nc(-c4ccc(Oc5ccccc5)cc4)c4c(N)ncnc43)C2)CCN1C(=O)O. The molecule has 0 bridgehead atoms. The summed E-state index contributed by atoms with van der Waals surface area (Å²) >= 11 is 0. The second kappa shape index (κ2) is 11.1. The first-order chi connectivity index (χ1) is 19.9. The Bertz CT molecular complexity index is 1560. The van der Waals surface area contributed by atoms with Crippen molar-refractivity contribution in [3.63, 3.8) is 0 Å². The number of piperidine rings is 2. The number of anilines is 1. The number of fused-ring (bicyclic) bond motifs is 1. The predicted molar refractivity (Wildman–Crippen MR) is 153 cm³/mol. The quantitative estimate of drug-likeness (QED) is 0.358.